The number of esters is 1. The minimum Gasteiger partial charge on any atom is -0.473 e. The summed E-state index contributed by atoms with van der Waals surface area (Å²) in [7, 11) is 4.62. The molecule has 0 aliphatic rings. The molecule has 0 amide bonds. The molecule has 2 aromatic heterocycles. The van der Waals surface area contributed by atoms with Crippen LogP contribution in [0.3, 0.4) is 0 Å². The normalized spacial score (nSPS) is 11.1. The molecule has 0 aliphatic heterocycles. The van der Waals surface area contributed by atoms with Gasteiger partial charge in [-0.1, -0.05) is 42.5 Å². The Balaban J connectivity index is 1.35. The Hall–Kier alpha value is -4.60. The van der Waals surface area contributed by atoms with Crippen LogP contribution in [0.15, 0.2) is 78.9 Å². The van der Waals surface area contributed by atoms with Crippen LogP contribution >= 0.6 is 0 Å². The number of ether oxygens (including phenoxy) is 4. The minimum absolute atomic E-state index is 0.261. The summed E-state index contributed by atoms with van der Waals surface area (Å²) in [6.07, 6.45) is 0.261. The van der Waals surface area contributed by atoms with Crippen molar-refractivity contribution in [1.82, 2.24) is 14.5 Å². The van der Waals surface area contributed by atoms with Crippen LogP contribution in [0.1, 0.15) is 32.9 Å². The van der Waals surface area contributed by atoms with Gasteiger partial charge < -0.3 is 23.5 Å². The van der Waals surface area contributed by atoms with Gasteiger partial charge in [0.05, 0.1) is 42.6 Å². The Kier molecular flexibility index (Phi) is 9.21. The number of rotatable bonds is 12. The largest absolute Gasteiger partial charge is 0.473 e. The Bertz CT molecular complexity index is 1700. The van der Waals surface area contributed by atoms with Crippen LogP contribution in [0.5, 0.6) is 5.88 Å². The number of benzene rings is 3. The van der Waals surface area contributed by atoms with E-state index in [1.807, 2.05) is 47.0 Å². The third-order valence-electron chi connectivity index (χ3n) is 6.88. The predicted molar refractivity (Wildman–Crippen MR) is 157 cm³/mol. The van der Waals surface area contributed by atoms with Crippen molar-refractivity contribution >= 4 is 17.0 Å². The lowest BCUT2D eigenvalue weighted by Crippen LogP contribution is -2.10. The van der Waals surface area contributed by atoms with Gasteiger partial charge in [-0.15, -0.1) is 0 Å². The number of aromatic nitrogens is 3. The van der Waals surface area contributed by atoms with Gasteiger partial charge in [0.15, 0.2) is 0 Å². The quantitative estimate of drug-likeness (QED) is 0.171. The molecule has 5 rings (SSSR count). The molecule has 0 bridgehead atoms. The lowest BCUT2D eigenvalue weighted by atomic mass is 10.1. The summed E-state index contributed by atoms with van der Waals surface area (Å²) in [5.41, 5.74) is 5.69. The highest BCUT2D eigenvalue weighted by atomic mass is 19.1. The molecular weight excluding hydrogens is 537 g/mol. The van der Waals surface area contributed by atoms with Crippen LogP contribution in [0.25, 0.3) is 22.3 Å². The zero-order valence-electron chi connectivity index (χ0n) is 23.8. The van der Waals surface area contributed by atoms with Crippen molar-refractivity contribution in [2.24, 2.45) is 0 Å². The Morgan fingerprint density at radius 2 is 1.67 bits per heavy atom. The standard InChI is InChI=1S/C33H32FN3O5/c1-39-15-14-37-30-18-26(33(38)41-3)12-13-29(30)35-31(37)19-24-10-11-25(17-27(24)34)28-8-5-9-32(36-28)42-21-23-7-4-6-22(16-23)20-40-2/h4-13,16-18H,14-15,19-21H2,1-3H3. The number of methoxy groups -OCH3 is 3. The van der Waals surface area contributed by atoms with Crippen molar-refractivity contribution < 1.29 is 28.1 Å². The topological polar surface area (TPSA) is 84.7 Å². The first-order valence-corrected chi connectivity index (χ1v) is 13.5. The van der Waals surface area contributed by atoms with E-state index < -0.39 is 5.97 Å². The molecule has 0 unspecified atom stereocenters. The second-order valence-corrected chi connectivity index (χ2v) is 9.75. The lowest BCUT2D eigenvalue weighted by Gasteiger charge is -2.11. The molecule has 0 saturated carbocycles. The van der Waals surface area contributed by atoms with Crippen LogP contribution in [0, 0.1) is 5.82 Å². The fraction of sp³-hybridized carbons (Fsp3) is 0.242. The number of fused-ring (bicyclic) bond motifs is 1. The summed E-state index contributed by atoms with van der Waals surface area (Å²) < 4.78 is 38.7. The molecule has 0 fully saturated rings. The molecule has 3 aromatic carbocycles. The summed E-state index contributed by atoms with van der Waals surface area (Å²) in [6, 6.07) is 23.7. The molecule has 0 N–H and O–H groups in total. The summed E-state index contributed by atoms with van der Waals surface area (Å²) in [4.78, 5) is 21.4. The number of hydrogen-bond acceptors (Lipinski definition) is 7. The number of carbonyl (C=O) groups is 1. The van der Waals surface area contributed by atoms with E-state index in [4.69, 9.17) is 23.9 Å². The zero-order chi connectivity index (χ0) is 29.5. The van der Waals surface area contributed by atoms with Crippen LogP contribution in [0.4, 0.5) is 4.39 Å². The van der Waals surface area contributed by atoms with Crippen molar-refractivity contribution in [1.29, 1.82) is 0 Å². The Morgan fingerprint density at radius 1 is 0.857 bits per heavy atom. The molecule has 0 radical (unpaired) electrons. The fourth-order valence-corrected chi connectivity index (χ4v) is 4.79. The van der Waals surface area contributed by atoms with Crippen molar-refractivity contribution in [2.75, 3.05) is 27.9 Å². The molecule has 8 nitrogen and oxygen atoms in total. The van der Waals surface area contributed by atoms with E-state index in [-0.39, 0.29) is 12.2 Å². The number of imidazole rings is 1. The molecule has 0 aliphatic carbocycles. The molecule has 42 heavy (non-hydrogen) atoms. The fourth-order valence-electron chi connectivity index (χ4n) is 4.79. The van der Waals surface area contributed by atoms with Gasteiger partial charge in [-0.05, 0) is 47.0 Å². The molecule has 0 spiro atoms. The Labute approximate surface area is 243 Å². The van der Waals surface area contributed by atoms with Crippen LogP contribution in [-0.2, 0) is 40.4 Å². The molecule has 2 heterocycles. The van der Waals surface area contributed by atoms with E-state index in [1.165, 1.54) is 13.2 Å². The SMILES string of the molecule is COCCn1c(Cc2ccc(-c3cccc(OCc4cccc(COC)c4)n3)cc2F)nc2ccc(C(=O)OC)cc21. The number of pyridine rings is 1. The van der Waals surface area contributed by atoms with Gasteiger partial charge in [-0.3, -0.25) is 0 Å². The van der Waals surface area contributed by atoms with Gasteiger partial charge in [0.1, 0.15) is 18.2 Å². The summed E-state index contributed by atoms with van der Waals surface area (Å²) >= 11 is 0. The maximum atomic E-state index is 15.5. The van der Waals surface area contributed by atoms with Gasteiger partial charge >= 0.3 is 5.97 Å². The van der Waals surface area contributed by atoms with E-state index in [0.717, 1.165) is 16.6 Å². The van der Waals surface area contributed by atoms with Gasteiger partial charge in [-0.2, -0.15) is 0 Å². The maximum absolute atomic E-state index is 15.5. The highest BCUT2D eigenvalue weighted by Crippen LogP contribution is 2.26. The molecule has 216 valence electrons. The van der Waals surface area contributed by atoms with E-state index in [9.17, 15) is 4.79 Å². The van der Waals surface area contributed by atoms with Gasteiger partial charge in [-0.25, -0.2) is 19.2 Å². The van der Waals surface area contributed by atoms with E-state index in [1.54, 1.807) is 44.6 Å². The van der Waals surface area contributed by atoms with Crippen molar-refractivity contribution in [3.63, 3.8) is 0 Å². The minimum atomic E-state index is -0.432. The van der Waals surface area contributed by atoms with Gasteiger partial charge in [0.25, 0.3) is 0 Å². The second kappa shape index (κ2) is 13.4. The first-order valence-electron chi connectivity index (χ1n) is 13.5. The predicted octanol–water partition coefficient (Wildman–Crippen LogP) is 5.99. The van der Waals surface area contributed by atoms with Crippen molar-refractivity contribution in [2.45, 2.75) is 26.2 Å². The highest BCUT2D eigenvalue weighted by Gasteiger charge is 2.16. The molecule has 0 saturated heterocycles. The third kappa shape index (κ3) is 6.64. The summed E-state index contributed by atoms with van der Waals surface area (Å²) in [6.45, 7) is 1.82. The maximum Gasteiger partial charge on any atom is 0.337 e. The molecule has 5 aromatic rings. The number of carbonyl (C=O) groups excluding carboxylic acids is 1. The smallest absolute Gasteiger partial charge is 0.337 e. The average Bonchev–Trinajstić information content (AvgIpc) is 3.36. The summed E-state index contributed by atoms with van der Waals surface area (Å²) in [5, 5.41) is 0. The highest BCUT2D eigenvalue weighted by molar-refractivity contribution is 5.93. The molecular formula is C33H32FN3O5. The van der Waals surface area contributed by atoms with Gasteiger partial charge in [0.2, 0.25) is 5.88 Å². The third-order valence-corrected chi connectivity index (χ3v) is 6.88. The van der Waals surface area contributed by atoms with Crippen molar-refractivity contribution in [3.8, 4) is 17.1 Å². The average molecular weight is 570 g/mol. The first-order chi connectivity index (χ1) is 20.5. The van der Waals surface area contributed by atoms with Crippen LogP contribution in [-0.4, -0.2) is 48.4 Å². The Morgan fingerprint density at radius 3 is 2.43 bits per heavy atom. The van der Waals surface area contributed by atoms with E-state index >= 15 is 4.39 Å². The number of nitrogens with zero attached hydrogens (tertiary/aromatic N) is 3. The summed E-state index contributed by atoms with van der Waals surface area (Å²) in [5.74, 6) is 0.321. The molecule has 0 atom stereocenters. The number of hydrogen-bond donors (Lipinski definition) is 0. The van der Waals surface area contributed by atoms with E-state index in [0.29, 0.717) is 66.0 Å². The van der Waals surface area contributed by atoms with Crippen LogP contribution in [0.2, 0.25) is 0 Å². The second-order valence-electron chi connectivity index (χ2n) is 9.75. The number of halogens is 1. The van der Waals surface area contributed by atoms with E-state index in [2.05, 4.69) is 4.98 Å². The monoisotopic (exact) mass is 569 g/mol. The lowest BCUT2D eigenvalue weighted by molar-refractivity contribution is 0.0601. The molecule has 9 heteroatoms. The van der Waals surface area contributed by atoms with Crippen molar-refractivity contribution in [3.05, 3.63) is 113 Å². The van der Waals surface area contributed by atoms with Crippen LogP contribution < -0.4 is 4.74 Å². The van der Waals surface area contributed by atoms with Gasteiger partial charge in [0, 0.05) is 38.8 Å². The first kappa shape index (κ1) is 28.9. The zero-order valence-corrected chi connectivity index (χ0v) is 23.8.